The van der Waals surface area contributed by atoms with Gasteiger partial charge in [-0.3, -0.25) is 9.48 Å². The van der Waals surface area contributed by atoms with Crippen molar-refractivity contribution in [1.29, 1.82) is 0 Å². The van der Waals surface area contributed by atoms with Gasteiger partial charge < -0.3 is 49.3 Å². The van der Waals surface area contributed by atoms with Crippen molar-refractivity contribution in [3.8, 4) is 0 Å². The van der Waals surface area contributed by atoms with Gasteiger partial charge in [-0.1, -0.05) is 11.6 Å². The molecule has 16 nitrogen and oxygen atoms in total. The number of amides is 1. The molecule has 2 fully saturated rings. The van der Waals surface area contributed by atoms with Crippen LogP contribution >= 0.6 is 11.6 Å². The molecule has 1 aromatic carbocycles. The molecule has 2 atom stereocenters. The van der Waals surface area contributed by atoms with Crippen molar-refractivity contribution in [3.05, 3.63) is 57.8 Å². The van der Waals surface area contributed by atoms with Crippen LogP contribution in [0.15, 0.2) is 24.4 Å². The van der Waals surface area contributed by atoms with Gasteiger partial charge >= 0.3 is 12.3 Å². The molecule has 21 heteroatoms. The quantitative estimate of drug-likeness (QED) is 0.0749. The zero-order chi connectivity index (χ0) is 41.2. The summed E-state index contributed by atoms with van der Waals surface area (Å²) in [5.74, 6) is -1.83. The van der Waals surface area contributed by atoms with Gasteiger partial charge in [0.05, 0.1) is 75.8 Å². The highest BCUT2D eigenvalue weighted by Crippen LogP contribution is 2.58. The smallest absolute Gasteiger partial charge is 0.432 e. The van der Waals surface area contributed by atoms with E-state index in [1.165, 1.54) is 16.8 Å². The lowest BCUT2D eigenvalue weighted by Crippen LogP contribution is -2.26. The summed E-state index contributed by atoms with van der Waals surface area (Å²) in [6, 6.07) is 3.72. The number of nitrogens with zero attached hydrogens (tertiary/aromatic N) is 4. The summed E-state index contributed by atoms with van der Waals surface area (Å²) < 4.78 is 94.5. The Kier molecular flexibility index (Phi) is 15.5. The molecule has 0 radical (unpaired) electrons. The van der Waals surface area contributed by atoms with Crippen LogP contribution in [0.2, 0.25) is 5.02 Å². The van der Waals surface area contributed by atoms with Gasteiger partial charge in [0.1, 0.15) is 23.8 Å². The van der Waals surface area contributed by atoms with Crippen LogP contribution in [0.3, 0.4) is 0 Å². The Morgan fingerprint density at radius 2 is 1.53 bits per heavy atom. The zero-order valence-electron chi connectivity index (χ0n) is 31.5. The minimum absolute atomic E-state index is 0.00625. The highest BCUT2D eigenvalue weighted by atomic mass is 35.5. The summed E-state index contributed by atoms with van der Waals surface area (Å²) in [5, 5.41) is 22.3. The third-order valence-corrected chi connectivity index (χ3v) is 10.1. The molecule has 316 valence electrons. The number of carbonyl (C=O) groups excluding carboxylic acids is 2. The maximum absolute atomic E-state index is 14.2. The van der Waals surface area contributed by atoms with Crippen LogP contribution in [0.25, 0.3) is 0 Å². The van der Waals surface area contributed by atoms with Crippen molar-refractivity contribution >= 4 is 35.2 Å². The molecule has 4 N–H and O–H groups in total. The number of hydrogen-bond acceptors (Lipinski definition) is 13. The zero-order valence-corrected chi connectivity index (χ0v) is 32.3. The predicted octanol–water partition coefficient (Wildman–Crippen LogP) is 4.88. The first kappa shape index (κ1) is 44.1. The summed E-state index contributed by atoms with van der Waals surface area (Å²) in [7, 11) is 3.17. The Balaban J connectivity index is 1.07. The van der Waals surface area contributed by atoms with Gasteiger partial charge in [0.2, 0.25) is 0 Å². The predicted molar refractivity (Wildman–Crippen MR) is 194 cm³/mol. The van der Waals surface area contributed by atoms with Gasteiger partial charge in [0, 0.05) is 37.5 Å². The minimum atomic E-state index is -4.91. The number of nitrogens with two attached hydrogens (primary N) is 1. The first-order valence-electron chi connectivity index (χ1n) is 18.3. The van der Waals surface area contributed by atoms with E-state index in [-0.39, 0.29) is 79.1 Å². The van der Waals surface area contributed by atoms with E-state index < -0.39 is 47.6 Å². The number of aliphatic hydroxyl groups is 1. The first-order valence-corrected chi connectivity index (χ1v) is 18.6. The molecule has 0 aliphatic heterocycles. The summed E-state index contributed by atoms with van der Waals surface area (Å²) in [5.41, 5.74) is 3.44. The standard InChI is InChI=1S/C36H47ClF4N6O10/c1-46-32(42)29(33(48)43-25-3-4-28(38)27(37)17-25)30(44-46)22-15-23-18-35(50,19-24(23)16-22)26-20-47(45-31(26)36(39,40)41)21-57-34(49)56-14-13-55-12-11-54-10-9-53-8-7-52-6-5-51-2/h3-4,17,20,22-24,50H,5-16,18-19,21,42H2,1-2H3,(H,43,48). The van der Waals surface area contributed by atoms with Crippen molar-refractivity contribution in [2.45, 2.75) is 50.1 Å². The third kappa shape index (κ3) is 11.8. The number of aryl methyl sites for hydroxylation is 1. The van der Waals surface area contributed by atoms with Crippen molar-refractivity contribution in [2.75, 3.05) is 84.2 Å². The number of carbonyl (C=O) groups is 2. The molecule has 57 heavy (non-hydrogen) atoms. The van der Waals surface area contributed by atoms with E-state index in [4.69, 9.17) is 50.5 Å². The highest BCUT2D eigenvalue weighted by molar-refractivity contribution is 6.31. The number of nitrogen functional groups attached to an aromatic ring is 1. The number of anilines is 2. The lowest BCUT2D eigenvalue weighted by molar-refractivity contribution is -0.144. The molecule has 0 spiro atoms. The van der Waals surface area contributed by atoms with Gasteiger partial charge in [-0.25, -0.2) is 13.9 Å². The largest absolute Gasteiger partial charge is 0.510 e. The van der Waals surface area contributed by atoms with Gasteiger partial charge in [0.25, 0.3) is 5.91 Å². The topological polar surface area (TPSA) is 193 Å². The fourth-order valence-corrected chi connectivity index (χ4v) is 7.42. The third-order valence-electron chi connectivity index (χ3n) is 9.79. The molecule has 2 unspecified atom stereocenters. The van der Waals surface area contributed by atoms with E-state index in [0.717, 1.165) is 16.9 Å². The van der Waals surface area contributed by atoms with Crippen molar-refractivity contribution in [3.63, 3.8) is 0 Å². The molecule has 0 bridgehead atoms. The second kappa shape index (κ2) is 20.1. The lowest BCUT2D eigenvalue weighted by atomic mass is 9.87. The molecular weight excluding hydrogens is 788 g/mol. The molecular formula is C36H47ClF4N6O10. The number of alkyl halides is 3. The Labute approximate surface area is 330 Å². The second-order valence-electron chi connectivity index (χ2n) is 13.7. The van der Waals surface area contributed by atoms with Crippen LogP contribution in [0.5, 0.6) is 0 Å². The number of ether oxygens (including phenoxy) is 7. The van der Waals surface area contributed by atoms with Crippen LogP contribution in [0.4, 0.5) is 33.9 Å². The molecule has 1 amide bonds. The van der Waals surface area contributed by atoms with E-state index >= 15 is 0 Å². The molecule has 2 aliphatic rings. The maximum atomic E-state index is 14.2. The molecule has 3 aromatic rings. The Morgan fingerprint density at radius 1 is 0.947 bits per heavy atom. The highest BCUT2D eigenvalue weighted by Gasteiger charge is 2.54. The Bertz CT molecular complexity index is 1800. The van der Waals surface area contributed by atoms with Crippen molar-refractivity contribution < 1.29 is 65.4 Å². The van der Waals surface area contributed by atoms with Crippen LogP contribution in [0.1, 0.15) is 58.9 Å². The van der Waals surface area contributed by atoms with Gasteiger partial charge in [-0.05, 0) is 55.7 Å². The van der Waals surface area contributed by atoms with E-state index in [1.807, 2.05) is 0 Å². The van der Waals surface area contributed by atoms with Crippen LogP contribution in [-0.4, -0.2) is 110 Å². The average molecular weight is 835 g/mol. The summed E-state index contributed by atoms with van der Waals surface area (Å²) in [4.78, 5) is 25.5. The fraction of sp³-hybridized carbons (Fsp3) is 0.611. The number of aromatic nitrogens is 4. The van der Waals surface area contributed by atoms with Crippen LogP contribution in [-0.2, 0) is 58.7 Å². The normalized spacial score (nSPS) is 20.5. The van der Waals surface area contributed by atoms with E-state index in [0.29, 0.717) is 58.2 Å². The van der Waals surface area contributed by atoms with Gasteiger partial charge in [-0.15, -0.1) is 0 Å². The number of halogens is 5. The maximum Gasteiger partial charge on any atom is 0.510 e. The van der Waals surface area contributed by atoms with Gasteiger partial charge in [-0.2, -0.15) is 23.4 Å². The van der Waals surface area contributed by atoms with Crippen molar-refractivity contribution in [1.82, 2.24) is 19.6 Å². The molecule has 0 saturated heterocycles. The summed E-state index contributed by atoms with van der Waals surface area (Å²) in [6.45, 7) is 2.32. The number of nitrogens with one attached hydrogen (secondary N) is 1. The van der Waals surface area contributed by atoms with E-state index in [1.54, 1.807) is 14.2 Å². The van der Waals surface area contributed by atoms with Crippen LogP contribution in [0, 0.1) is 17.7 Å². The van der Waals surface area contributed by atoms with Gasteiger partial charge in [0.15, 0.2) is 12.4 Å². The average Bonchev–Trinajstić information content (AvgIpc) is 3.92. The van der Waals surface area contributed by atoms with Crippen LogP contribution < -0.4 is 11.1 Å². The second-order valence-corrected chi connectivity index (χ2v) is 14.1. The summed E-state index contributed by atoms with van der Waals surface area (Å²) >= 11 is 5.86. The lowest BCUT2D eigenvalue weighted by Gasteiger charge is -2.25. The molecule has 5 rings (SSSR count). The number of fused-ring (bicyclic) bond motifs is 1. The Morgan fingerprint density at radius 3 is 2.09 bits per heavy atom. The fourth-order valence-electron chi connectivity index (χ4n) is 7.24. The number of hydrogen-bond donors (Lipinski definition) is 3. The van der Waals surface area contributed by atoms with E-state index in [2.05, 4.69) is 15.5 Å². The molecule has 2 saturated carbocycles. The SMILES string of the molecule is COCCOCCOCCOCCOCCOC(=O)OCn1cc(C2(O)CC3CC(c4nn(C)c(N)c4C(=O)Nc4ccc(F)c(Cl)c4)CC3C2)c(C(F)(F)F)n1. The number of benzene rings is 1. The minimum Gasteiger partial charge on any atom is -0.432 e. The molecule has 2 heterocycles. The Hall–Kier alpha value is -4.05. The monoisotopic (exact) mass is 834 g/mol. The van der Waals surface area contributed by atoms with Crippen molar-refractivity contribution in [2.24, 2.45) is 18.9 Å². The van der Waals surface area contributed by atoms with E-state index in [9.17, 15) is 32.3 Å². The number of methoxy groups -OCH3 is 1. The molecule has 2 aliphatic carbocycles. The number of rotatable bonds is 21. The molecule has 2 aromatic heterocycles. The first-order chi connectivity index (χ1) is 27.2. The summed E-state index contributed by atoms with van der Waals surface area (Å²) in [6.07, 6.45) is -4.19.